The van der Waals surface area contributed by atoms with Gasteiger partial charge in [-0.1, -0.05) is 18.5 Å². The summed E-state index contributed by atoms with van der Waals surface area (Å²) in [7, 11) is 0. The molecule has 1 aliphatic heterocycles. The van der Waals surface area contributed by atoms with Crippen LogP contribution in [-0.2, 0) is 11.2 Å². The Labute approximate surface area is 104 Å². The molecule has 0 aromatic heterocycles. The van der Waals surface area contributed by atoms with Crippen LogP contribution in [0.1, 0.15) is 30.9 Å². The summed E-state index contributed by atoms with van der Waals surface area (Å²) in [6.07, 6.45) is 0.676. The van der Waals surface area contributed by atoms with E-state index in [2.05, 4.69) is 0 Å². The standard InChI is InChI=1S/C12H13ClO4/c1-3-7-8(6(2)12(14)15)4-9(13)11-10(7)16-5-17-11/h4,6H,3,5H2,1-2H3,(H,14,15). The van der Waals surface area contributed by atoms with Crippen LogP contribution in [0.25, 0.3) is 0 Å². The maximum atomic E-state index is 11.1. The lowest BCUT2D eigenvalue weighted by Crippen LogP contribution is -2.10. The van der Waals surface area contributed by atoms with Crippen LogP contribution in [0.5, 0.6) is 11.5 Å². The molecule has 1 N–H and O–H groups in total. The zero-order valence-corrected chi connectivity index (χ0v) is 10.4. The number of hydrogen-bond acceptors (Lipinski definition) is 3. The molecule has 4 nitrogen and oxygen atoms in total. The van der Waals surface area contributed by atoms with E-state index in [4.69, 9.17) is 26.2 Å². The van der Waals surface area contributed by atoms with Gasteiger partial charge in [0.15, 0.2) is 11.5 Å². The summed E-state index contributed by atoms with van der Waals surface area (Å²) < 4.78 is 10.6. The van der Waals surface area contributed by atoms with Crippen LogP contribution in [0.15, 0.2) is 6.07 Å². The summed E-state index contributed by atoms with van der Waals surface area (Å²) in [6.45, 7) is 3.71. The third kappa shape index (κ3) is 1.93. The van der Waals surface area contributed by atoms with Crippen molar-refractivity contribution in [2.75, 3.05) is 6.79 Å². The summed E-state index contributed by atoms with van der Waals surface area (Å²) in [5.74, 6) is -0.389. The van der Waals surface area contributed by atoms with Crippen molar-refractivity contribution in [3.05, 3.63) is 22.2 Å². The number of carboxylic acid groups (broad SMARTS) is 1. The molecule has 1 atom stereocenters. The quantitative estimate of drug-likeness (QED) is 0.904. The Morgan fingerprint density at radius 1 is 1.53 bits per heavy atom. The SMILES string of the molecule is CCc1c(C(C)C(=O)O)cc(Cl)c2c1OCO2. The number of benzene rings is 1. The van der Waals surface area contributed by atoms with E-state index >= 15 is 0 Å². The van der Waals surface area contributed by atoms with Crippen LogP contribution in [0.3, 0.4) is 0 Å². The number of carbonyl (C=O) groups is 1. The first kappa shape index (κ1) is 12.0. The highest BCUT2D eigenvalue weighted by Gasteiger charge is 2.27. The Balaban J connectivity index is 2.60. The second kappa shape index (κ2) is 4.45. The number of carboxylic acids is 1. The molecule has 1 aromatic rings. The normalized spacial score (nSPS) is 14.8. The predicted octanol–water partition coefficient (Wildman–Crippen LogP) is 2.82. The number of aliphatic carboxylic acids is 1. The zero-order valence-electron chi connectivity index (χ0n) is 9.62. The van der Waals surface area contributed by atoms with Gasteiger partial charge < -0.3 is 14.6 Å². The first-order valence-electron chi connectivity index (χ1n) is 5.40. The highest BCUT2D eigenvalue weighted by atomic mass is 35.5. The fraction of sp³-hybridized carbons (Fsp3) is 0.417. The van der Waals surface area contributed by atoms with Crippen LogP contribution >= 0.6 is 11.6 Å². The molecule has 0 radical (unpaired) electrons. The van der Waals surface area contributed by atoms with Gasteiger partial charge in [0.05, 0.1) is 10.9 Å². The van der Waals surface area contributed by atoms with Gasteiger partial charge in [-0.2, -0.15) is 0 Å². The molecule has 0 aliphatic carbocycles. The van der Waals surface area contributed by atoms with Crippen molar-refractivity contribution < 1.29 is 19.4 Å². The molecule has 1 aliphatic rings. The minimum Gasteiger partial charge on any atom is -0.481 e. The molecular weight excluding hydrogens is 244 g/mol. The summed E-state index contributed by atoms with van der Waals surface area (Å²) in [6, 6.07) is 1.66. The van der Waals surface area contributed by atoms with Crippen molar-refractivity contribution in [2.45, 2.75) is 26.2 Å². The van der Waals surface area contributed by atoms with Gasteiger partial charge in [-0.15, -0.1) is 0 Å². The largest absolute Gasteiger partial charge is 0.481 e. The van der Waals surface area contributed by atoms with E-state index in [0.717, 1.165) is 5.56 Å². The molecule has 5 heteroatoms. The lowest BCUT2D eigenvalue weighted by molar-refractivity contribution is -0.138. The lowest BCUT2D eigenvalue weighted by atomic mass is 9.93. The molecule has 0 spiro atoms. The second-order valence-electron chi connectivity index (χ2n) is 3.90. The number of fused-ring (bicyclic) bond motifs is 1. The van der Waals surface area contributed by atoms with Crippen LogP contribution in [0.2, 0.25) is 5.02 Å². The van der Waals surface area contributed by atoms with Gasteiger partial charge in [-0.05, 0) is 25.0 Å². The van der Waals surface area contributed by atoms with Crippen molar-refractivity contribution in [1.29, 1.82) is 0 Å². The van der Waals surface area contributed by atoms with E-state index in [1.165, 1.54) is 0 Å². The van der Waals surface area contributed by atoms with E-state index in [1.807, 2.05) is 6.92 Å². The van der Waals surface area contributed by atoms with E-state index in [9.17, 15) is 4.79 Å². The predicted molar refractivity (Wildman–Crippen MR) is 63.0 cm³/mol. The van der Waals surface area contributed by atoms with Gasteiger partial charge in [-0.25, -0.2) is 0 Å². The molecule has 2 rings (SSSR count). The highest BCUT2D eigenvalue weighted by molar-refractivity contribution is 6.32. The van der Waals surface area contributed by atoms with E-state index in [1.54, 1.807) is 13.0 Å². The fourth-order valence-corrected chi connectivity index (χ4v) is 2.24. The average Bonchev–Trinajstić information content (AvgIpc) is 2.77. The number of ether oxygens (including phenoxy) is 2. The van der Waals surface area contributed by atoms with Crippen molar-refractivity contribution in [3.8, 4) is 11.5 Å². The van der Waals surface area contributed by atoms with Gasteiger partial charge in [0, 0.05) is 5.56 Å². The van der Waals surface area contributed by atoms with Crippen molar-refractivity contribution in [1.82, 2.24) is 0 Å². The lowest BCUT2D eigenvalue weighted by Gasteiger charge is -2.15. The van der Waals surface area contributed by atoms with Crippen LogP contribution in [0.4, 0.5) is 0 Å². The topological polar surface area (TPSA) is 55.8 Å². The second-order valence-corrected chi connectivity index (χ2v) is 4.31. The molecule has 0 saturated carbocycles. The maximum absolute atomic E-state index is 11.1. The first-order chi connectivity index (χ1) is 8.06. The van der Waals surface area contributed by atoms with Crippen molar-refractivity contribution >= 4 is 17.6 Å². The third-order valence-corrected chi connectivity index (χ3v) is 3.21. The fourth-order valence-electron chi connectivity index (χ4n) is 1.98. The smallest absolute Gasteiger partial charge is 0.310 e. The Kier molecular flexibility index (Phi) is 3.15. The number of halogens is 1. The molecule has 92 valence electrons. The van der Waals surface area contributed by atoms with Gasteiger partial charge >= 0.3 is 5.97 Å². The Morgan fingerprint density at radius 2 is 2.18 bits per heavy atom. The molecule has 0 amide bonds. The molecule has 1 aromatic carbocycles. The molecule has 17 heavy (non-hydrogen) atoms. The molecular formula is C12H13ClO4. The van der Waals surface area contributed by atoms with Crippen molar-refractivity contribution in [3.63, 3.8) is 0 Å². The third-order valence-electron chi connectivity index (χ3n) is 2.92. The first-order valence-corrected chi connectivity index (χ1v) is 5.77. The van der Waals surface area contributed by atoms with Gasteiger partial charge in [0.25, 0.3) is 0 Å². The Hall–Kier alpha value is -1.42. The molecule has 1 unspecified atom stereocenters. The average molecular weight is 257 g/mol. The van der Waals surface area contributed by atoms with Gasteiger partial charge in [0.2, 0.25) is 6.79 Å². The Bertz CT molecular complexity index is 470. The summed E-state index contributed by atoms with van der Waals surface area (Å²) in [4.78, 5) is 11.1. The van der Waals surface area contributed by atoms with E-state index in [-0.39, 0.29) is 6.79 Å². The summed E-state index contributed by atoms with van der Waals surface area (Å²) in [5.41, 5.74) is 1.55. The van der Waals surface area contributed by atoms with Crippen LogP contribution in [0, 0.1) is 0 Å². The molecule has 0 fully saturated rings. The molecule has 1 heterocycles. The molecule has 0 saturated heterocycles. The van der Waals surface area contributed by atoms with Gasteiger partial charge in [0.1, 0.15) is 0 Å². The maximum Gasteiger partial charge on any atom is 0.310 e. The highest BCUT2D eigenvalue weighted by Crippen LogP contribution is 2.45. The minimum atomic E-state index is -0.880. The summed E-state index contributed by atoms with van der Waals surface area (Å²) in [5, 5.41) is 9.48. The monoisotopic (exact) mass is 256 g/mol. The van der Waals surface area contributed by atoms with E-state index < -0.39 is 11.9 Å². The minimum absolute atomic E-state index is 0.132. The Morgan fingerprint density at radius 3 is 2.76 bits per heavy atom. The van der Waals surface area contributed by atoms with Gasteiger partial charge in [-0.3, -0.25) is 4.79 Å². The number of rotatable bonds is 3. The number of hydrogen-bond donors (Lipinski definition) is 1. The van der Waals surface area contributed by atoms with Crippen LogP contribution in [-0.4, -0.2) is 17.9 Å². The molecule has 0 bridgehead atoms. The zero-order chi connectivity index (χ0) is 12.6. The van der Waals surface area contributed by atoms with Crippen molar-refractivity contribution in [2.24, 2.45) is 0 Å². The van der Waals surface area contributed by atoms with E-state index in [0.29, 0.717) is 28.5 Å². The summed E-state index contributed by atoms with van der Waals surface area (Å²) >= 11 is 6.05. The van der Waals surface area contributed by atoms with Crippen LogP contribution < -0.4 is 9.47 Å².